The number of aromatic nitrogens is 1. The molecule has 0 bridgehead atoms. The van der Waals surface area contributed by atoms with Gasteiger partial charge in [0.2, 0.25) is 0 Å². The van der Waals surface area contributed by atoms with Crippen LogP contribution in [0.3, 0.4) is 0 Å². The van der Waals surface area contributed by atoms with Crippen molar-refractivity contribution in [2.45, 2.75) is 84.5 Å². The molecule has 0 unspecified atom stereocenters. The SMILES string of the molecule is CCCCCCCCN(CCCCCCC)C(=O)c1ccncc1. The van der Waals surface area contributed by atoms with Gasteiger partial charge in [0.25, 0.3) is 5.91 Å². The van der Waals surface area contributed by atoms with E-state index in [9.17, 15) is 4.79 Å². The number of amides is 1. The van der Waals surface area contributed by atoms with E-state index in [1.54, 1.807) is 12.4 Å². The summed E-state index contributed by atoms with van der Waals surface area (Å²) < 4.78 is 0. The van der Waals surface area contributed by atoms with Gasteiger partial charge in [-0.15, -0.1) is 0 Å². The number of carbonyl (C=O) groups excluding carboxylic acids is 1. The highest BCUT2D eigenvalue weighted by atomic mass is 16.2. The van der Waals surface area contributed by atoms with Crippen molar-refractivity contribution < 1.29 is 4.79 Å². The number of nitrogens with zero attached hydrogens (tertiary/aromatic N) is 2. The van der Waals surface area contributed by atoms with Crippen LogP contribution in [0.1, 0.15) is 94.8 Å². The Bertz CT molecular complexity index is 419. The molecule has 0 aromatic carbocycles. The minimum Gasteiger partial charge on any atom is -0.339 e. The number of rotatable bonds is 14. The summed E-state index contributed by atoms with van der Waals surface area (Å²) in [5, 5.41) is 0. The summed E-state index contributed by atoms with van der Waals surface area (Å²) >= 11 is 0. The molecule has 0 fully saturated rings. The fourth-order valence-electron chi connectivity index (χ4n) is 2.98. The first-order chi connectivity index (χ1) is 11.8. The average Bonchev–Trinajstić information content (AvgIpc) is 2.62. The predicted octanol–water partition coefficient (Wildman–Crippen LogP) is 5.85. The molecule has 3 nitrogen and oxygen atoms in total. The van der Waals surface area contributed by atoms with E-state index in [2.05, 4.69) is 23.7 Å². The summed E-state index contributed by atoms with van der Waals surface area (Å²) in [6, 6.07) is 3.65. The van der Waals surface area contributed by atoms with E-state index in [-0.39, 0.29) is 5.91 Å². The Morgan fingerprint density at radius 3 is 1.75 bits per heavy atom. The molecule has 0 saturated carbocycles. The maximum atomic E-state index is 12.7. The third kappa shape index (κ3) is 9.05. The quantitative estimate of drug-likeness (QED) is 0.400. The first-order valence-corrected chi connectivity index (χ1v) is 9.98. The summed E-state index contributed by atoms with van der Waals surface area (Å²) in [7, 11) is 0. The van der Waals surface area contributed by atoms with Crippen molar-refractivity contribution in [2.24, 2.45) is 0 Å². The Morgan fingerprint density at radius 1 is 0.792 bits per heavy atom. The molecule has 0 aliphatic carbocycles. The van der Waals surface area contributed by atoms with E-state index in [4.69, 9.17) is 0 Å². The summed E-state index contributed by atoms with van der Waals surface area (Å²) in [5.41, 5.74) is 0.768. The summed E-state index contributed by atoms with van der Waals surface area (Å²) in [6.45, 7) is 6.26. The van der Waals surface area contributed by atoms with Gasteiger partial charge < -0.3 is 4.90 Å². The first-order valence-electron chi connectivity index (χ1n) is 9.98. The standard InChI is InChI=1S/C21H36N2O/c1-3-5-7-9-11-13-19-23(18-12-10-8-6-4-2)21(24)20-14-16-22-17-15-20/h14-17H,3-13,18-19H2,1-2H3. The molecule has 136 valence electrons. The lowest BCUT2D eigenvalue weighted by molar-refractivity contribution is 0.0749. The number of hydrogen-bond donors (Lipinski definition) is 0. The molecule has 0 saturated heterocycles. The molecule has 1 rings (SSSR count). The highest BCUT2D eigenvalue weighted by Gasteiger charge is 2.14. The van der Waals surface area contributed by atoms with Gasteiger partial charge in [0.15, 0.2) is 0 Å². The van der Waals surface area contributed by atoms with Crippen LogP contribution in [0.2, 0.25) is 0 Å². The van der Waals surface area contributed by atoms with Crippen molar-refractivity contribution in [1.29, 1.82) is 0 Å². The van der Waals surface area contributed by atoms with Gasteiger partial charge in [-0.2, -0.15) is 0 Å². The van der Waals surface area contributed by atoms with Gasteiger partial charge in [-0.05, 0) is 25.0 Å². The topological polar surface area (TPSA) is 33.2 Å². The molecule has 0 N–H and O–H groups in total. The zero-order valence-electron chi connectivity index (χ0n) is 15.8. The van der Waals surface area contributed by atoms with Crippen molar-refractivity contribution in [3.63, 3.8) is 0 Å². The predicted molar refractivity (Wildman–Crippen MR) is 102 cm³/mol. The largest absolute Gasteiger partial charge is 0.339 e. The summed E-state index contributed by atoms with van der Waals surface area (Å²) in [4.78, 5) is 18.8. The van der Waals surface area contributed by atoms with Crippen LogP contribution in [0.15, 0.2) is 24.5 Å². The van der Waals surface area contributed by atoms with Crippen LogP contribution in [0.5, 0.6) is 0 Å². The second kappa shape index (κ2) is 14.0. The second-order valence-corrected chi connectivity index (χ2v) is 6.71. The lowest BCUT2D eigenvalue weighted by atomic mass is 10.1. The Labute approximate surface area is 148 Å². The molecular weight excluding hydrogens is 296 g/mol. The summed E-state index contributed by atoms with van der Waals surface area (Å²) in [6.07, 6.45) is 17.2. The van der Waals surface area contributed by atoms with Crippen molar-refractivity contribution in [3.8, 4) is 0 Å². The molecule has 1 aromatic heterocycles. The van der Waals surface area contributed by atoms with Crippen LogP contribution in [0, 0.1) is 0 Å². The van der Waals surface area contributed by atoms with Gasteiger partial charge in [-0.25, -0.2) is 0 Å². The second-order valence-electron chi connectivity index (χ2n) is 6.71. The fraction of sp³-hybridized carbons (Fsp3) is 0.714. The van der Waals surface area contributed by atoms with Gasteiger partial charge in [0, 0.05) is 31.0 Å². The van der Waals surface area contributed by atoms with Crippen LogP contribution < -0.4 is 0 Å². The van der Waals surface area contributed by atoms with E-state index < -0.39 is 0 Å². The third-order valence-electron chi connectivity index (χ3n) is 4.53. The molecule has 1 amide bonds. The van der Waals surface area contributed by atoms with E-state index in [0.717, 1.165) is 31.5 Å². The maximum Gasteiger partial charge on any atom is 0.253 e. The van der Waals surface area contributed by atoms with Crippen LogP contribution in [0.25, 0.3) is 0 Å². The normalized spacial score (nSPS) is 10.8. The average molecular weight is 333 g/mol. The number of pyridine rings is 1. The minimum atomic E-state index is 0.168. The minimum absolute atomic E-state index is 0.168. The van der Waals surface area contributed by atoms with Gasteiger partial charge in [0.1, 0.15) is 0 Å². The molecule has 1 aromatic rings. The molecular formula is C21H36N2O. The number of carbonyl (C=O) groups is 1. The molecule has 0 spiro atoms. The molecule has 1 heterocycles. The van der Waals surface area contributed by atoms with Crippen molar-refractivity contribution in [3.05, 3.63) is 30.1 Å². The molecule has 0 aliphatic heterocycles. The highest BCUT2D eigenvalue weighted by Crippen LogP contribution is 2.11. The Kier molecular flexibility index (Phi) is 12.1. The van der Waals surface area contributed by atoms with E-state index in [1.165, 1.54) is 57.8 Å². The Balaban J connectivity index is 2.41. The molecule has 24 heavy (non-hydrogen) atoms. The zero-order valence-corrected chi connectivity index (χ0v) is 15.8. The van der Waals surface area contributed by atoms with Crippen molar-refractivity contribution in [1.82, 2.24) is 9.88 Å². The van der Waals surface area contributed by atoms with Crippen LogP contribution in [-0.4, -0.2) is 28.9 Å². The van der Waals surface area contributed by atoms with Crippen molar-refractivity contribution >= 4 is 5.91 Å². The lowest BCUT2D eigenvalue weighted by Gasteiger charge is -2.23. The van der Waals surface area contributed by atoms with E-state index in [1.807, 2.05) is 12.1 Å². The van der Waals surface area contributed by atoms with Crippen LogP contribution >= 0.6 is 0 Å². The van der Waals surface area contributed by atoms with E-state index >= 15 is 0 Å². The Morgan fingerprint density at radius 2 is 1.25 bits per heavy atom. The molecule has 0 atom stereocenters. The Hall–Kier alpha value is -1.38. The third-order valence-corrected chi connectivity index (χ3v) is 4.53. The number of hydrogen-bond acceptors (Lipinski definition) is 2. The monoisotopic (exact) mass is 332 g/mol. The van der Waals surface area contributed by atoms with Gasteiger partial charge in [-0.3, -0.25) is 9.78 Å². The van der Waals surface area contributed by atoms with E-state index in [0.29, 0.717) is 0 Å². The smallest absolute Gasteiger partial charge is 0.253 e. The summed E-state index contributed by atoms with van der Waals surface area (Å²) in [5.74, 6) is 0.168. The zero-order chi connectivity index (χ0) is 17.5. The fourth-order valence-corrected chi connectivity index (χ4v) is 2.98. The van der Waals surface area contributed by atoms with Crippen LogP contribution in [-0.2, 0) is 0 Å². The van der Waals surface area contributed by atoms with Gasteiger partial charge in [0.05, 0.1) is 0 Å². The highest BCUT2D eigenvalue weighted by molar-refractivity contribution is 5.94. The molecule has 3 heteroatoms. The maximum absolute atomic E-state index is 12.7. The molecule has 0 aliphatic rings. The van der Waals surface area contributed by atoms with Gasteiger partial charge in [-0.1, -0.05) is 71.6 Å². The first kappa shape index (κ1) is 20.7. The van der Waals surface area contributed by atoms with Gasteiger partial charge >= 0.3 is 0 Å². The lowest BCUT2D eigenvalue weighted by Crippen LogP contribution is -2.33. The van der Waals surface area contributed by atoms with Crippen molar-refractivity contribution in [2.75, 3.05) is 13.1 Å². The van der Waals surface area contributed by atoms with Crippen LogP contribution in [0.4, 0.5) is 0 Å². The number of unbranched alkanes of at least 4 members (excludes halogenated alkanes) is 9. The molecule has 0 radical (unpaired) electrons.